The molecule has 0 amide bonds. The van der Waals surface area contributed by atoms with Gasteiger partial charge in [-0.2, -0.15) is 0 Å². The first-order chi connectivity index (χ1) is 9.81. The van der Waals surface area contributed by atoms with Crippen LogP contribution in [0, 0.1) is 0 Å². The molecule has 6 nitrogen and oxygen atoms in total. The number of ether oxygens (including phenoxy) is 2. The average Bonchev–Trinajstić information content (AvgIpc) is 2.95. The Morgan fingerprint density at radius 1 is 1.45 bits per heavy atom. The van der Waals surface area contributed by atoms with Crippen molar-refractivity contribution in [3.63, 3.8) is 0 Å². The lowest BCUT2D eigenvalue weighted by Crippen LogP contribution is -2.23. The summed E-state index contributed by atoms with van der Waals surface area (Å²) in [5, 5.41) is 8.28. The van der Waals surface area contributed by atoms with Gasteiger partial charge in [0.05, 0.1) is 6.20 Å². The van der Waals surface area contributed by atoms with Crippen LogP contribution in [0.5, 0.6) is 0 Å². The van der Waals surface area contributed by atoms with Crippen LogP contribution in [0.1, 0.15) is 25.0 Å². The minimum absolute atomic E-state index is 0.101. The molecule has 1 aromatic rings. The molecule has 0 aromatic carbocycles. The van der Waals surface area contributed by atoms with E-state index >= 15 is 0 Å². The third kappa shape index (κ3) is 3.26. The van der Waals surface area contributed by atoms with Gasteiger partial charge in [-0.1, -0.05) is 17.4 Å². The lowest BCUT2D eigenvalue weighted by molar-refractivity contribution is -0.182. The van der Waals surface area contributed by atoms with Crippen molar-refractivity contribution < 1.29 is 9.47 Å². The Kier molecular flexibility index (Phi) is 4.13. The Morgan fingerprint density at radius 3 is 3.20 bits per heavy atom. The minimum Gasteiger partial charge on any atom is -0.376 e. The molecule has 108 valence electrons. The van der Waals surface area contributed by atoms with E-state index in [-0.39, 0.29) is 6.29 Å². The molecule has 3 heterocycles. The Labute approximate surface area is 118 Å². The normalized spacial score (nSPS) is 22.9. The number of hydrogen-bond acceptors (Lipinski definition) is 5. The van der Waals surface area contributed by atoms with Gasteiger partial charge in [0.2, 0.25) is 0 Å². The number of allylic oxidation sites excluding steroid dienone is 2. The molecule has 0 aliphatic carbocycles. The zero-order valence-electron chi connectivity index (χ0n) is 11.7. The molecule has 20 heavy (non-hydrogen) atoms. The molecule has 2 aliphatic heterocycles. The van der Waals surface area contributed by atoms with Crippen molar-refractivity contribution in [3.8, 4) is 0 Å². The van der Waals surface area contributed by atoms with E-state index in [9.17, 15) is 0 Å². The first kappa shape index (κ1) is 13.3. The quantitative estimate of drug-likeness (QED) is 0.836. The lowest BCUT2D eigenvalue weighted by atomic mass is 10.1. The summed E-state index contributed by atoms with van der Waals surface area (Å²) in [6, 6.07) is 0. The summed E-state index contributed by atoms with van der Waals surface area (Å²) in [5.74, 6) is 0. The predicted octanol–water partition coefficient (Wildman–Crippen LogP) is 1.62. The zero-order valence-corrected chi connectivity index (χ0v) is 11.7. The summed E-state index contributed by atoms with van der Waals surface area (Å²) in [7, 11) is 2.04. The molecule has 2 aliphatic rings. The first-order valence-corrected chi connectivity index (χ1v) is 7.03. The van der Waals surface area contributed by atoms with Gasteiger partial charge in [0.1, 0.15) is 12.4 Å². The molecule has 0 spiro atoms. The van der Waals surface area contributed by atoms with Crippen LogP contribution in [0.4, 0.5) is 0 Å². The van der Waals surface area contributed by atoms with E-state index in [2.05, 4.69) is 33.6 Å². The highest BCUT2D eigenvalue weighted by Crippen LogP contribution is 2.17. The molecule has 6 heteroatoms. The molecule has 1 fully saturated rings. The first-order valence-electron chi connectivity index (χ1n) is 7.03. The molecule has 0 saturated carbocycles. The van der Waals surface area contributed by atoms with Gasteiger partial charge in [-0.15, -0.1) is 5.10 Å². The second kappa shape index (κ2) is 6.19. The van der Waals surface area contributed by atoms with Crippen molar-refractivity contribution in [2.24, 2.45) is 0 Å². The number of aromatic nitrogens is 3. The lowest BCUT2D eigenvalue weighted by Gasteiger charge is -2.22. The molecular weight excluding hydrogens is 256 g/mol. The molecule has 3 rings (SSSR count). The van der Waals surface area contributed by atoms with Gasteiger partial charge < -0.3 is 14.4 Å². The van der Waals surface area contributed by atoms with E-state index < -0.39 is 0 Å². The third-order valence-electron chi connectivity index (χ3n) is 3.42. The van der Waals surface area contributed by atoms with E-state index in [1.165, 1.54) is 0 Å². The van der Waals surface area contributed by atoms with Crippen molar-refractivity contribution in [3.05, 3.63) is 30.2 Å². The summed E-state index contributed by atoms with van der Waals surface area (Å²) < 4.78 is 12.9. The highest BCUT2D eigenvalue weighted by Gasteiger charge is 2.15. The molecule has 0 bridgehead atoms. The fourth-order valence-corrected chi connectivity index (χ4v) is 2.33. The van der Waals surface area contributed by atoms with Crippen LogP contribution in [0.15, 0.2) is 24.5 Å². The Balaban J connectivity index is 1.58. The Bertz CT molecular complexity index is 503. The molecule has 1 aromatic heterocycles. The smallest absolute Gasteiger partial charge is 0.159 e. The summed E-state index contributed by atoms with van der Waals surface area (Å²) >= 11 is 0. The predicted molar refractivity (Wildman–Crippen MR) is 74.4 cm³/mol. The van der Waals surface area contributed by atoms with Crippen molar-refractivity contribution in [2.45, 2.75) is 32.3 Å². The summed E-state index contributed by atoms with van der Waals surface area (Å²) in [6.45, 7) is 2.10. The van der Waals surface area contributed by atoms with Crippen LogP contribution < -0.4 is 0 Å². The number of likely N-dealkylation sites (N-methyl/N-ethyl adjacent to an activating group) is 1. The van der Waals surface area contributed by atoms with Crippen molar-refractivity contribution in [1.29, 1.82) is 0 Å². The van der Waals surface area contributed by atoms with Gasteiger partial charge in [0, 0.05) is 32.0 Å². The van der Waals surface area contributed by atoms with Gasteiger partial charge in [-0.25, -0.2) is 4.68 Å². The molecule has 1 saturated heterocycles. The van der Waals surface area contributed by atoms with Gasteiger partial charge in [-0.3, -0.25) is 0 Å². The van der Waals surface area contributed by atoms with Gasteiger partial charge in [0.15, 0.2) is 6.29 Å². The Morgan fingerprint density at radius 2 is 2.40 bits per heavy atom. The molecule has 1 unspecified atom stereocenters. The molecule has 0 N–H and O–H groups in total. The zero-order chi connectivity index (χ0) is 13.8. The molecule has 0 radical (unpaired) electrons. The molecule has 1 atom stereocenters. The second-order valence-electron chi connectivity index (χ2n) is 5.16. The van der Waals surface area contributed by atoms with Crippen LogP contribution in [0.2, 0.25) is 0 Å². The minimum atomic E-state index is -0.101. The van der Waals surface area contributed by atoms with E-state index in [1.54, 1.807) is 4.68 Å². The third-order valence-corrected chi connectivity index (χ3v) is 3.42. The number of rotatable bonds is 4. The van der Waals surface area contributed by atoms with Crippen molar-refractivity contribution >= 4 is 5.57 Å². The second-order valence-corrected chi connectivity index (χ2v) is 5.16. The maximum atomic E-state index is 5.68. The summed E-state index contributed by atoms with van der Waals surface area (Å²) in [5.41, 5.74) is 1.93. The maximum absolute atomic E-state index is 5.68. The highest BCUT2D eigenvalue weighted by atomic mass is 16.7. The standard InChI is InChI=1S/C14H20N4O2/c1-17-7-4-5-12(9-17)13-10-18(16-15-13)11-20-14-6-2-3-8-19-14/h4-5,9-10,14H,2-3,6-8,11H2,1H3. The van der Waals surface area contributed by atoms with E-state index in [1.807, 2.05) is 13.2 Å². The fraction of sp³-hybridized carbons (Fsp3) is 0.571. The van der Waals surface area contributed by atoms with Crippen LogP contribution >= 0.6 is 0 Å². The average molecular weight is 276 g/mol. The fourth-order valence-electron chi connectivity index (χ4n) is 2.33. The highest BCUT2D eigenvalue weighted by molar-refractivity contribution is 5.71. The monoisotopic (exact) mass is 276 g/mol. The van der Waals surface area contributed by atoms with Crippen molar-refractivity contribution in [2.75, 3.05) is 20.2 Å². The Hall–Kier alpha value is -1.66. The largest absolute Gasteiger partial charge is 0.376 e. The van der Waals surface area contributed by atoms with Crippen LogP contribution in [0.25, 0.3) is 5.57 Å². The van der Waals surface area contributed by atoms with E-state index in [4.69, 9.17) is 9.47 Å². The van der Waals surface area contributed by atoms with E-state index in [0.29, 0.717) is 6.73 Å². The number of hydrogen-bond donors (Lipinski definition) is 0. The SMILES string of the molecule is CN1C=C(c2cn(COC3CCCCO3)nn2)C=CC1. The summed E-state index contributed by atoms with van der Waals surface area (Å²) in [6.07, 6.45) is 11.3. The van der Waals surface area contributed by atoms with Gasteiger partial charge in [-0.05, 0) is 19.3 Å². The maximum Gasteiger partial charge on any atom is 0.159 e. The van der Waals surface area contributed by atoms with Crippen LogP contribution in [0.3, 0.4) is 0 Å². The topological polar surface area (TPSA) is 52.4 Å². The van der Waals surface area contributed by atoms with E-state index in [0.717, 1.165) is 43.7 Å². The van der Waals surface area contributed by atoms with Gasteiger partial charge >= 0.3 is 0 Å². The van der Waals surface area contributed by atoms with Gasteiger partial charge in [0.25, 0.3) is 0 Å². The van der Waals surface area contributed by atoms with Crippen molar-refractivity contribution in [1.82, 2.24) is 19.9 Å². The van der Waals surface area contributed by atoms with Crippen LogP contribution in [-0.4, -0.2) is 46.4 Å². The molecular formula is C14H20N4O2. The summed E-state index contributed by atoms with van der Waals surface area (Å²) in [4.78, 5) is 2.11. The van der Waals surface area contributed by atoms with Crippen LogP contribution in [-0.2, 0) is 16.2 Å². The number of nitrogens with zero attached hydrogens (tertiary/aromatic N) is 4.